The molecule has 0 aliphatic carbocycles. The average molecular weight is 727 g/mol. The number of hydrogen-bond acceptors (Lipinski definition) is 5. The van der Waals surface area contributed by atoms with Gasteiger partial charge < -0.3 is 9.47 Å². The Kier molecular flexibility index (Phi) is 41.7. The highest BCUT2D eigenvalue weighted by Gasteiger charge is 2.08. The monoisotopic (exact) mass is 727 g/mol. The van der Waals surface area contributed by atoms with Crippen LogP contribution in [0.4, 0.5) is 0 Å². The van der Waals surface area contributed by atoms with E-state index >= 15 is 0 Å². The Balaban J connectivity index is 3.35. The second-order valence-electron chi connectivity index (χ2n) is 15.1. The molecule has 0 saturated heterocycles. The zero-order valence-corrected chi connectivity index (χ0v) is 34.6. The number of esters is 2. The summed E-state index contributed by atoms with van der Waals surface area (Å²) in [7, 11) is -1.01. The number of unbranched alkanes of at least 4 members (excludes halogenated alkanes) is 30. The van der Waals surface area contributed by atoms with Crippen LogP contribution in [0.15, 0.2) is 0 Å². The van der Waals surface area contributed by atoms with Crippen molar-refractivity contribution >= 4 is 22.7 Å². The minimum absolute atomic E-state index is 0.180. The highest BCUT2D eigenvalue weighted by atomic mass is 32.2. The first-order chi connectivity index (χ1) is 24.6. The highest BCUT2D eigenvalue weighted by Crippen LogP contribution is 2.15. The first kappa shape index (κ1) is 49.1. The number of carbonyl (C=O) groups excluding carboxylic acids is 2. The maximum atomic E-state index is 12.3. The van der Waals surface area contributed by atoms with Crippen LogP contribution in [0.25, 0.3) is 0 Å². The molecule has 0 aromatic carbocycles. The van der Waals surface area contributed by atoms with Gasteiger partial charge in [0, 0.05) is 35.1 Å². The lowest BCUT2D eigenvalue weighted by molar-refractivity contribution is -0.144. The van der Waals surface area contributed by atoms with Gasteiger partial charge in [-0.15, -0.1) is 0 Å². The minimum Gasteiger partial charge on any atom is -0.466 e. The van der Waals surface area contributed by atoms with Crippen molar-refractivity contribution in [1.29, 1.82) is 0 Å². The third-order valence-corrected chi connectivity index (χ3v) is 11.5. The number of rotatable bonds is 42. The topological polar surface area (TPSA) is 69.7 Å². The third-order valence-electron chi connectivity index (χ3n) is 10.0. The van der Waals surface area contributed by atoms with E-state index in [-0.39, 0.29) is 11.9 Å². The van der Waals surface area contributed by atoms with Crippen LogP contribution >= 0.6 is 0 Å². The molecule has 0 bridgehead atoms. The molecule has 0 N–H and O–H groups in total. The molecule has 0 aliphatic heterocycles. The molecule has 0 saturated carbocycles. The van der Waals surface area contributed by atoms with Crippen LogP contribution in [0.1, 0.15) is 245 Å². The lowest BCUT2D eigenvalue weighted by Crippen LogP contribution is -2.11. The standard InChI is InChI=1S/C44H86O5S/c1-3-5-7-9-11-13-15-17-19-21-23-25-27-29-31-33-39-48-43(45)37-35-41-50(47)42-36-38-44(46)49-40-34-32-30-28-26-24-22-20-18-16-14-12-10-8-6-4-2/h3-42H2,1-2H3. The van der Waals surface area contributed by atoms with Gasteiger partial charge in [0.15, 0.2) is 0 Å². The van der Waals surface area contributed by atoms with E-state index in [0.717, 1.165) is 25.7 Å². The van der Waals surface area contributed by atoms with Crippen LogP contribution in [0.2, 0.25) is 0 Å². The first-order valence-electron chi connectivity index (χ1n) is 22.3. The van der Waals surface area contributed by atoms with Crippen LogP contribution in [0, 0.1) is 0 Å². The normalized spacial score (nSPS) is 11.4. The Morgan fingerprint density at radius 3 is 0.800 bits per heavy atom. The van der Waals surface area contributed by atoms with Crippen molar-refractivity contribution in [2.75, 3.05) is 24.7 Å². The van der Waals surface area contributed by atoms with Gasteiger partial charge in [-0.25, -0.2) is 0 Å². The molecule has 298 valence electrons. The fraction of sp³-hybridized carbons (Fsp3) is 0.955. The summed E-state index contributed by atoms with van der Waals surface area (Å²) in [5, 5.41) is 0. The van der Waals surface area contributed by atoms with Crippen molar-refractivity contribution in [2.45, 2.75) is 245 Å². The van der Waals surface area contributed by atoms with Gasteiger partial charge in [0.2, 0.25) is 0 Å². The molecule has 0 aromatic heterocycles. The van der Waals surface area contributed by atoms with Crippen LogP contribution in [0.5, 0.6) is 0 Å². The smallest absolute Gasteiger partial charge is 0.305 e. The summed E-state index contributed by atoms with van der Waals surface area (Å²) in [5.41, 5.74) is 0. The van der Waals surface area contributed by atoms with Crippen LogP contribution < -0.4 is 0 Å². The zero-order valence-electron chi connectivity index (χ0n) is 33.7. The maximum absolute atomic E-state index is 12.3. The van der Waals surface area contributed by atoms with E-state index in [1.54, 1.807) is 0 Å². The summed E-state index contributed by atoms with van der Waals surface area (Å²) in [6.45, 7) is 5.56. The summed E-state index contributed by atoms with van der Waals surface area (Å²) in [6.07, 6.45) is 44.4. The third kappa shape index (κ3) is 41.5. The molecule has 0 aromatic rings. The molecule has 0 unspecified atom stereocenters. The zero-order chi connectivity index (χ0) is 36.4. The maximum Gasteiger partial charge on any atom is 0.305 e. The fourth-order valence-electron chi connectivity index (χ4n) is 6.67. The lowest BCUT2D eigenvalue weighted by atomic mass is 10.0. The molecule has 0 atom stereocenters. The molecular formula is C44H86O5S. The van der Waals surface area contributed by atoms with Crippen molar-refractivity contribution in [3.8, 4) is 0 Å². The predicted octanol–water partition coefficient (Wildman–Crippen LogP) is 13.9. The Morgan fingerprint density at radius 1 is 0.340 bits per heavy atom. The van der Waals surface area contributed by atoms with Crippen LogP contribution in [0.3, 0.4) is 0 Å². The largest absolute Gasteiger partial charge is 0.466 e. The Morgan fingerprint density at radius 2 is 0.560 bits per heavy atom. The molecular weight excluding hydrogens is 641 g/mol. The Hall–Kier alpha value is -0.910. The van der Waals surface area contributed by atoms with Crippen LogP contribution in [-0.2, 0) is 29.9 Å². The van der Waals surface area contributed by atoms with E-state index < -0.39 is 10.8 Å². The van der Waals surface area contributed by atoms with Gasteiger partial charge in [0.1, 0.15) is 0 Å². The van der Waals surface area contributed by atoms with E-state index in [2.05, 4.69) is 13.8 Å². The molecule has 0 spiro atoms. The Bertz CT molecular complexity index is 669. The molecule has 6 heteroatoms. The SMILES string of the molecule is CCCCCCCCCCCCCCCCCCOC(=O)CCCS(=O)CCCC(=O)OCCCCCCCCCCCCCCCCCC. The second kappa shape index (κ2) is 42.5. The van der Waals surface area contributed by atoms with Crippen molar-refractivity contribution in [3.05, 3.63) is 0 Å². The van der Waals surface area contributed by atoms with E-state index in [1.165, 1.54) is 180 Å². The van der Waals surface area contributed by atoms with Gasteiger partial charge in [-0.2, -0.15) is 0 Å². The summed E-state index contributed by atoms with van der Waals surface area (Å²) in [6, 6.07) is 0. The van der Waals surface area contributed by atoms with Crippen molar-refractivity contribution in [3.63, 3.8) is 0 Å². The van der Waals surface area contributed by atoms with E-state index in [0.29, 0.717) is 50.4 Å². The highest BCUT2D eigenvalue weighted by molar-refractivity contribution is 7.84. The van der Waals surface area contributed by atoms with Crippen molar-refractivity contribution in [1.82, 2.24) is 0 Å². The molecule has 0 amide bonds. The quantitative estimate of drug-likeness (QED) is 0.0463. The first-order valence-corrected chi connectivity index (χ1v) is 23.7. The molecule has 5 nitrogen and oxygen atoms in total. The van der Waals surface area contributed by atoms with Gasteiger partial charge in [-0.05, 0) is 25.7 Å². The summed E-state index contributed by atoms with van der Waals surface area (Å²) >= 11 is 0. The van der Waals surface area contributed by atoms with Gasteiger partial charge in [-0.1, -0.05) is 206 Å². The molecule has 0 radical (unpaired) electrons. The number of ether oxygens (including phenoxy) is 2. The molecule has 0 heterocycles. The summed E-state index contributed by atoms with van der Waals surface area (Å²) in [4.78, 5) is 24.0. The molecule has 0 aliphatic rings. The molecule has 0 fully saturated rings. The predicted molar refractivity (Wildman–Crippen MR) is 217 cm³/mol. The van der Waals surface area contributed by atoms with Crippen molar-refractivity contribution < 1.29 is 23.3 Å². The van der Waals surface area contributed by atoms with E-state index in [9.17, 15) is 13.8 Å². The Labute approximate surface area is 314 Å². The average Bonchev–Trinajstić information content (AvgIpc) is 3.11. The number of carbonyl (C=O) groups is 2. The number of hydrogen-bond donors (Lipinski definition) is 0. The van der Waals surface area contributed by atoms with Gasteiger partial charge in [0.25, 0.3) is 0 Å². The summed E-state index contributed by atoms with van der Waals surface area (Å²) in [5.74, 6) is 0.617. The van der Waals surface area contributed by atoms with E-state index in [4.69, 9.17) is 9.47 Å². The second-order valence-corrected chi connectivity index (χ2v) is 16.8. The van der Waals surface area contributed by atoms with E-state index in [1.807, 2.05) is 0 Å². The van der Waals surface area contributed by atoms with Gasteiger partial charge in [-0.3, -0.25) is 13.8 Å². The lowest BCUT2D eigenvalue weighted by Gasteiger charge is -2.06. The minimum atomic E-state index is -1.01. The molecule has 0 rings (SSSR count). The van der Waals surface area contributed by atoms with Gasteiger partial charge in [0.05, 0.1) is 13.2 Å². The summed E-state index contributed by atoms with van der Waals surface area (Å²) < 4.78 is 23.0. The van der Waals surface area contributed by atoms with Gasteiger partial charge >= 0.3 is 11.9 Å². The van der Waals surface area contributed by atoms with Crippen molar-refractivity contribution in [2.24, 2.45) is 0 Å². The fourth-order valence-corrected chi connectivity index (χ4v) is 7.81. The van der Waals surface area contributed by atoms with Crippen LogP contribution in [-0.4, -0.2) is 40.9 Å². The molecule has 50 heavy (non-hydrogen) atoms.